The minimum Gasteiger partial charge on any atom is -0.355 e. The number of tetrazole rings is 1. The number of aromatic nitrogens is 5. The molecule has 0 aromatic carbocycles. The average Bonchev–Trinajstić information content (AvgIpc) is 2.93. The van der Waals surface area contributed by atoms with Gasteiger partial charge in [0.25, 0.3) is 0 Å². The van der Waals surface area contributed by atoms with Gasteiger partial charge in [-0.15, -0.1) is 5.10 Å². The summed E-state index contributed by atoms with van der Waals surface area (Å²) in [7, 11) is 0. The molecule has 0 bridgehead atoms. The largest absolute Gasteiger partial charge is 0.355 e. The van der Waals surface area contributed by atoms with Crippen molar-refractivity contribution in [1.82, 2.24) is 30.3 Å². The fourth-order valence-corrected chi connectivity index (χ4v) is 2.67. The van der Waals surface area contributed by atoms with Gasteiger partial charge < -0.3 is 10.2 Å². The number of hydrogen-bond donors (Lipinski definition) is 1. The summed E-state index contributed by atoms with van der Waals surface area (Å²) in [5, 5.41) is 15.1. The van der Waals surface area contributed by atoms with Crippen molar-refractivity contribution in [2.45, 2.75) is 19.8 Å². The van der Waals surface area contributed by atoms with E-state index in [0.29, 0.717) is 11.6 Å². The molecule has 1 atom stereocenters. The van der Waals surface area contributed by atoms with E-state index < -0.39 is 0 Å². The first-order valence-electron chi connectivity index (χ1n) is 6.86. The average molecular weight is 261 g/mol. The van der Waals surface area contributed by atoms with Crippen molar-refractivity contribution >= 4 is 11.5 Å². The molecule has 1 saturated heterocycles. The Morgan fingerprint density at radius 2 is 2.37 bits per heavy atom. The molecule has 7 nitrogen and oxygen atoms in total. The molecule has 0 radical (unpaired) electrons. The Hall–Kier alpha value is -1.76. The predicted molar refractivity (Wildman–Crippen MR) is 72.1 cm³/mol. The standard InChI is InChI=1S/C12H19N7/c1-2-13-6-10-4-3-5-18(9-10)12-8-14-7-11-15-16-17-19(11)12/h7-8,10,13H,2-6,9H2,1H3. The molecule has 1 unspecified atom stereocenters. The van der Waals surface area contributed by atoms with E-state index >= 15 is 0 Å². The molecule has 2 aromatic heterocycles. The van der Waals surface area contributed by atoms with E-state index in [9.17, 15) is 0 Å². The Bertz CT molecular complexity index is 538. The van der Waals surface area contributed by atoms with Crippen LogP contribution in [0.15, 0.2) is 12.4 Å². The highest BCUT2D eigenvalue weighted by Crippen LogP contribution is 2.22. The van der Waals surface area contributed by atoms with Gasteiger partial charge in [0.15, 0.2) is 11.5 Å². The lowest BCUT2D eigenvalue weighted by Crippen LogP contribution is -2.40. The summed E-state index contributed by atoms with van der Waals surface area (Å²) in [6.07, 6.45) is 6.01. The topological polar surface area (TPSA) is 71.2 Å². The van der Waals surface area contributed by atoms with Crippen LogP contribution in [0.2, 0.25) is 0 Å². The maximum atomic E-state index is 4.23. The molecule has 0 aliphatic carbocycles. The molecular weight excluding hydrogens is 242 g/mol. The van der Waals surface area contributed by atoms with Crippen molar-refractivity contribution in [1.29, 1.82) is 0 Å². The fraction of sp³-hybridized carbons (Fsp3) is 0.667. The molecule has 19 heavy (non-hydrogen) atoms. The van der Waals surface area contributed by atoms with E-state index in [0.717, 1.165) is 32.0 Å². The molecule has 7 heteroatoms. The maximum Gasteiger partial charge on any atom is 0.199 e. The fourth-order valence-electron chi connectivity index (χ4n) is 2.67. The summed E-state index contributed by atoms with van der Waals surface area (Å²) in [5.74, 6) is 1.67. The minimum absolute atomic E-state index is 0.681. The third-order valence-corrected chi connectivity index (χ3v) is 3.62. The Balaban J connectivity index is 1.79. The molecule has 1 aliphatic rings. The quantitative estimate of drug-likeness (QED) is 0.856. The number of piperidine rings is 1. The normalized spacial score (nSPS) is 20.1. The van der Waals surface area contributed by atoms with Crippen molar-refractivity contribution in [3.8, 4) is 0 Å². The number of nitrogens with zero attached hydrogens (tertiary/aromatic N) is 6. The summed E-state index contributed by atoms with van der Waals surface area (Å²) < 4.78 is 1.77. The van der Waals surface area contributed by atoms with Crippen molar-refractivity contribution in [3.63, 3.8) is 0 Å². The van der Waals surface area contributed by atoms with E-state index in [1.807, 2.05) is 6.20 Å². The highest BCUT2D eigenvalue weighted by Gasteiger charge is 2.22. The smallest absolute Gasteiger partial charge is 0.199 e. The Kier molecular flexibility index (Phi) is 3.54. The first-order valence-corrected chi connectivity index (χ1v) is 6.86. The monoisotopic (exact) mass is 261 g/mol. The van der Waals surface area contributed by atoms with Crippen LogP contribution in [0.25, 0.3) is 5.65 Å². The Labute approximate surface area is 112 Å². The highest BCUT2D eigenvalue weighted by atomic mass is 15.5. The summed E-state index contributed by atoms with van der Waals surface area (Å²) in [6.45, 7) is 6.33. The zero-order valence-electron chi connectivity index (χ0n) is 11.2. The summed E-state index contributed by atoms with van der Waals surface area (Å²) in [4.78, 5) is 6.56. The third kappa shape index (κ3) is 2.51. The van der Waals surface area contributed by atoms with Gasteiger partial charge in [0.2, 0.25) is 0 Å². The number of rotatable bonds is 4. The summed E-state index contributed by atoms with van der Waals surface area (Å²) >= 11 is 0. The van der Waals surface area contributed by atoms with Crippen molar-refractivity contribution < 1.29 is 0 Å². The van der Waals surface area contributed by atoms with Gasteiger partial charge in [-0.1, -0.05) is 6.92 Å². The van der Waals surface area contributed by atoms with Gasteiger partial charge in [-0.25, -0.2) is 0 Å². The number of fused-ring (bicyclic) bond motifs is 1. The molecule has 2 aromatic rings. The summed E-state index contributed by atoms with van der Waals surface area (Å²) in [5.41, 5.74) is 0.700. The van der Waals surface area contributed by atoms with Gasteiger partial charge in [-0.3, -0.25) is 4.98 Å². The number of anilines is 1. The van der Waals surface area contributed by atoms with Crippen molar-refractivity contribution in [2.24, 2.45) is 5.92 Å². The summed E-state index contributed by atoms with van der Waals surface area (Å²) in [6, 6.07) is 0. The van der Waals surface area contributed by atoms with Crippen LogP contribution in [0.3, 0.4) is 0 Å². The van der Waals surface area contributed by atoms with Crippen LogP contribution in [0, 0.1) is 5.92 Å². The Morgan fingerprint density at radius 3 is 3.26 bits per heavy atom. The Morgan fingerprint density at radius 1 is 1.42 bits per heavy atom. The first kappa shape index (κ1) is 12.3. The zero-order chi connectivity index (χ0) is 13.1. The second-order valence-electron chi connectivity index (χ2n) is 4.98. The molecule has 3 rings (SSSR count). The van der Waals surface area contributed by atoms with Gasteiger partial charge in [-0.2, -0.15) is 4.52 Å². The molecule has 0 spiro atoms. The SMILES string of the molecule is CCNCC1CCCN(c2cncc3nnnn23)C1. The highest BCUT2D eigenvalue weighted by molar-refractivity contribution is 5.46. The van der Waals surface area contributed by atoms with E-state index in [2.05, 4.69) is 37.6 Å². The van der Waals surface area contributed by atoms with Gasteiger partial charge in [-0.05, 0) is 42.3 Å². The van der Waals surface area contributed by atoms with Crippen LogP contribution in [0.5, 0.6) is 0 Å². The molecule has 1 fully saturated rings. The third-order valence-electron chi connectivity index (χ3n) is 3.62. The van der Waals surface area contributed by atoms with Gasteiger partial charge in [0.05, 0.1) is 12.4 Å². The van der Waals surface area contributed by atoms with Crippen LogP contribution in [-0.4, -0.2) is 51.2 Å². The zero-order valence-corrected chi connectivity index (χ0v) is 11.2. The minimum atomic E-state index is 0.681. The molecule has 1 aliphatic heterocycles. The molecule has 0 saturated carbocycles. The van der Waals surface area contributed by atoms with Crippen LogP contribution >= 0.6 is 0 Å². The van der Waals surface area contributed by atoms with Crippen LogP contribution in [0.4, 0.5) is 5.82 Å². The second kappa shape index (κ2) is 5.48. The van der Waals surface area contributed by atoms with Crippen LogP contribution in [-0.2, 0) is 0 Å². The van der Waals surface area contributed by atoms with Crippen molar-refractivity contribution in [2.75, 3.05) is 31.1 Å². The first-order chi connectivity index (χ1) is 9.38. The maximum absolute atomic E-state index is 4.23. The van der Waals surface area contributed by atoms with E-state index in [4.69, 9.17) is 0 Å². The second-order valence-corrected chi connectivity index (χ2v) is 4.98. The molecule has 1 N–H and O–H groups in total. The van der Waals surface area contributed by atoms with Crippen LogP contribution < -0.4 is 10.2 Å². The lowest BCUT2D eigenvalue weighted by Gasteiger charge is -2.33. The lowest BCUT2D eigenvalue weighted by atomic mass is 9.98. The molecule has 102 valence electrons. The van der Waals surface area contributed by atoms with Crippen LogP contribution in [0.1, 0.15) is 19.8 Å². The lowest BCUT2D eigenvalue weighted by molar-refractivity contribution is 0.392. The van der Waals surface area contributed by atoms with Gasteiger partial charge in [0.1, 0.15) is 0 Å². The molecular formula is C12H19N7. The number of nitrogens with one attached hydrogen (secondary N) is 1. The molecule has 0 amide bonds. The van der Waals surface area contributed by atoms with E-state index in [1.165, 1.54) is 12.8 Å². The van der Waals surface area contributed by atoms with E-state index in [-0.39, 0.29) is 0 Å². The predicted octanol–water partition coefficient (Wildman–Crippen LogP) is 0.345. The van der Waals surface area contributed by atoms with Gasteiger partial charge in [0, 0.05) is 13.1 Å². The van der Waals surface area contributed by atoms with Gasteiger partial charge >= 0.3 is 0 Å². The molecule has 3 heterocycles. The van der Waals surface area contributed by atoms with E-state index in [1.54, 1.807) is 10.7 Å². The van der Waals surface area contributed by atoms with Crippen molar-refractivity contribution in [3.05, 3.63) is 12.4 Å². The number of hydrogen-bond acceptors (Lipinski definition) is 6.